The van der Waals surface area contributed by atoms with E-state index in [9.17, 15) is 14.0 Å². The summed E-state index contributed by atoms with van der Waals surface area (Å²) >= 11 is 1.36. The molecule has 146 valence electrons. The second-order valence-corrected chi connectivity index (χ2v) is 7.49. The normalized spacial score (nSPS) is 12.8. The summed E-state index contributed by atoms with van der Waals surface area (Å²) in [4.78, 5) is 32.3. The van der Waals surface area contributed by atoms with E-state index in [4.69, 9.17) is 0 Å². The summed E-state index contributed by atoms with van der Waals surface area (Å²) in [6.07, 6.45) is 1.64. The quantitative estimate of drug-likeness (QED) is 0.701. The molecule has 0 fully saturated rings. The molecule has 1 aromatic heterocycles. The maximum atomic E-state index is 13.8. The summed E-state index contributed by atoms with van der Waals surface area (Å²) in [6.45, 7) is 2.50. The van der Waals surface area contributed by atoms with E-state index in [2.05, 4.69) is 10.3 Å². The van der Waals surface area contributed by atoms with Crippen molar-refractivity contribution in [3.8, 4) is 0 Å². The van der Waals surface area contributed by atoms with Crippen molar-refractivity contribution in [2.45, 2.75) is 23.4 Å². The molecule has 1 aliphatic heterocycles. The van der Waals surface area contributed by atoms with Crippen LogP contribution in [0.1, 0.15) is 33.2 Å². The molecule has 29 heavy (non-hydrogen) atoms. The Morgan fingerprint density at radius 3 is 2.79 bits per heavy atom. The zero-order chi connectivity index (χ0) is 20.4. The highest BCUT2D eigenvalue weighted by Crippen LogP contribution is 2.40. The molecule has 0 bridgehead atoms. The van der Waals surface area contributed by atoms with E-state index in [-0.39, 0.29) is 24.2 Å². The first kappa shape index (κ1) is 19.1. The Balaban J connectivity index is 1.63. The lowest BCUT2D eigenvalue weighted by molar-refractivity contribution is 0.0949. The van der Waals surface area contributed by atoms with Gasteiger partial charge in [0.25, 0.3) is 11.8 Å². The van der Waals surface area contributed by atoms with E-state index < -0.39 is 0 Å². The second kappa shape index (κ2) is 8.05. The van der Waals surface area contributed by atoms with E-state index >= 15 is 0 Å². The molecule has 0 saturated carbocycles. The Morgan fingerprint density at radius 1 is 1.17 bits per heavy atom. The fourth-order valence-corrected chi connectivity index (χ4v) is 4.24. The number of anilines is 1. The Kier molecular flexibility index (Phi) is 5.31. The summed E-state index contributed by atoms with van der Waals surface area (Å²) in [7, 11) is 0. The molecule has 1 aliphatic rings. The van der Waals surface area contributed by atoms with Gasteiger partial charge in [-0.2, -0.15) is 0 Å². The van der Waals surface area contributed by atoms with Crippen LogP contribution >= 0.6 is 11.8 Å². The Morgan fingerprint density at radius 2 is 2.00 bits per heavy atom. The Labute approximate surface area is 172 Å². The number of rotatable bonds is 4. The summed E-state index contributed by atoms with van der Waals surface area (Å²) < 4.78 is 13.8. The van der Waals surface area contributed by atoms with Crippen LogP contribution in [0, 0.1) is 5.82 Å². The van der Waals surface area contributed by atoms with Crippen LogP contribution in [0.5, 0.6) is 0 Å². The molecule has 0 spiro atoms. The van der Waals surface area contributed by atoms with Gasteiger partial charge >= 0.3 is 0 Å². The van der Waals surface area contributed by atoms with Crippen LogP contribution in [0.25, 0.3) is 0 Å². The topological polar surface area (TPSA) is 62.3 Å². The number of nitrogens with zero attached hydrogens (tertiary/aromatic N) is 2. The van der Waals surface area contributed by atoms with E-state index in [1.54, 1.807) is 59.6 Å². The van der Waals surface area contributed by atoms with Crippen LogP contribution in [-0.4, -0.2) is 23.3 Å². The average molecular weight is 407 g/mol. The zero-order valence-electron chi connectivity index (χ0n) is 15.7. The maximum absolute atomic E-state index is 13.8. The molecule has 1 N–H and O–H groups in total. The van der Waals surface area contributed by atoms with Crippen molar-refractivity contribution in [3.05, 3.63) is 83.3 Å². The summed E-state index contributed by atoms with van der Waals surface area (Å²) in [5, 5.41) is 3.36. The van der Waals surface area contributed by atoms with Crippen LogP contribution in [0.15, 0.2) is 70.7 Å². The van der Waals surface area contributed by atoms with Crippen molar-refractivity contribution < 1.29 is 14.0 Å². The number of hydrogen-bond acceptors (Lipinski definition) is 4. The number of carbonyl (C=O) groups is 2. The first-order chi connectivity index (χ1) is 14.1. The SMILES string of the molecule is CCN1C(=O)c2cccnc2Sc2cc(C(=O)NCc3ccccc3F)ccc21. The average Bonchev–Trinajstić information content (AvgIpc) is 2.86. The van der Waals surface area contributed by atoms with Crippen LogP contribution in [-0.2, 0) is 6.54 Å². The number of pyridine rings is 1. The molecular formula is C22H18FN3O2S. The fourth-order valence-electron chi connectivity index (χ4n) is 3.19. The molecule has 0 unspecified atom stereocenters. The number of halogens is 1. The van der Waals surface area contributed by atoms with Crippen LogP contribution in [0.4, 0.5) is 10.1 Å². The van der Waals surface area contributed by atoms with Crippen molar-refractivity contribution in [2.24, 2.45) is 0 Å². The molecule has 4 rings (SSSR count). The first-order valence-corrected chi connectivity index (χ1v) is 10.0. The third-order valence-corrected chi connectivity index (χ3v) is 5.75. The van der Waals surface area contributed by atoms with Gasteiger partial charge in [0.2, 0.25) is 0 Å². The predicted molar refractivity (Wildman–Crippen MR) is 110 cm³/mol. The third kappa shape index (κ3) is 3.73. The van der Waals surface area contributed by atoms with E-state index in [0.717, 1.165) is 10.6 Å². The van der Waals surface area contributed by atoms with Crippen LogP contribution in [0.3, 0.4) is 0 Å². The van der Waals surface area contributed by atoms with Crippen LogP contribution < -0.4 is 10.2 Å². The number of carbonyl (C=O) groups excluding carboxylic acids is 2. The number of hydrogen-bond donors (Lipinski definition) is 1. The van der Waals surface area contributed by atoms with Gasteiger partial charge in [-0.1, -0.05) is 30.0 Å². The number of fused-ring (bicyclic) bond motifs is 2. The predicted octanol–water partition coefficient (Wildman–Crippen LogP) is 4.28. The Hall–Kier alpha value is -3.19. The number of nitrogens with one attached hydrogen (secondary N) is 1. The molecular weight excluding hydrogens is 389 g/mol. The lowest BCUT2D eigenvalue weighted by Crippen LogP contribution is -2.30. The number of benzene rings is 2. The molecule has 0 saturated heterocycles. The summed E-state index contributed by atoms with van der Waals surface area (Å²) in [5.74, 6) is -0.778. The first-order valence-electron chi connectivity index (χ1n) is 9.19. The van der Waals surface area contributed by atoms with Crippen molar-refractivity contribution in [1.82, 2.24) is 10.3 Å². The van der Waals surface area contributed by atoms with Gasteiger partial charge in [-0.25, -0.2) is 9.37 Å². The smallest absolute Gasteiger partial charge is 0.261 e. The van der Waals surface area contributed by atoms with Gasteiger partial charge in [0.15, 0.2) is 0 Å². The largest absolute Gasteiger partial charge is 0.348 e. The number of aromatic nitrogens is 1. The van der Waals surface area contributed by atoms with Gasteiger partial charge in [-0.15, -0.1) is 0 Å². The molecule has 3 aromatic rings. The molecule has 2 amide bonds. The van der Waals surface area contributed by atoms with Gasteiger partial charge < -0.3 is 10.2 Å². The van der Waals surface area contributed by atoms with Crippen molar-refractivity contribution >= 4 is 29.3 Å². The number of amides is 2. The maximum Gasteiger partial charge on any atom is 0.261 e. The minimum atomic E-state index is -0.356. The zero-order valence-corrected chi connectivity index (χ0v) is 16.5. The monoisotopic (exact) mass is 407 g/mol. The minimum Gasteiger partial charge on any atom is -0.348 e. The molecule has 0 aliphatic carbocycles. The molecule has 2 heterocycles. The highest BCUT2D eigenvalue weighted by molar-refractivity contribution is 7.99. The van der Waals surface area contributed by atoms with Crippen LogP contribution in [0.2, 0.25) is 0 Å². The van der Waals surface area contributed by atoms with Gasteiger partial charge in [-0.3, -0.25) is 9.59 Å². The van der Waals surface area contributed by atoms with Gasteiger partial charge in [0, 0.05) is 35.3 Å². The lowest BCUT2D eigenvalue weighted by Gasteiger charge is -2.21. The summed E-state index contributed by atoms with van der Waals surface area (Å²) in [6, 6.07) is 15.0. The van der Waals surface area contributed by atoms with E-state index in [1.807, 2.05) is 6.92 Å². The molecule has 0 atom stereocenters. The van der Waals surface area contributed by atoms with E-state index in [0.29, 0.717) is 28.3 Å². The highest BCUT2D eigenvalue weighted by Gasteiger charge is 2.27. The standard InChI is InChI=1S/C22H18FN3O2S/c1-2-26-18-10-9-14(20(27)25-13-15-6-3-4-8-17(15)23)12-19(18)29-21-16(22(26)28)7-5-11-24-21/h3-12H,2,13H2,1H3,(H,25,27). The van der Waals surface area contributed by atoms with Gasteiger partial charge in [-0.05, 0) is 43.3 Å². The lowest BCUT2D eigenvalue weighted by atomic mass is 10.1. The van der Waals surface area contributed by atoms with Gasteiger partial charge in [0.05, 0.1) is 11.3 Å². The van der Waals surface area contributed by atoms with E-state index in [1.165, 1.54) is 17.8 Å². The van der Waals surface area contributed by atoms with Crippen molar-refractivity contribution in [1.29, 1.82) is 0 Å². The Bertz CT molecular complexity index is 1100. The fraction of sp³-hybridized carbons (Fsp3) is 0.136. The van der Waals surface area contributed by atoms with Crippen molar-refractivity contribution in [3.63, 3.8) is 0 Å². The van der Waals surface area contributed by atoms with Gasteiger partial charge in [0.1, 0.15) is 10.8 Å². The molecule has 5 nitrogen and oxygen atoms in total. The molecule has 2 aromatic carbocycles. The van der Waals surface area contributed by atoms with Crippen molar-refractivity contribution in [2.75, 3.05) is 11.4 Å². The highest BCUT2D eigenvalue weighted by atomic mass is 32.2. The third-order valence-electron chi connectivity index (χ3n) is 4.68. The second-order valence-electron chi connectivity index (χ2n) is 6.46. The molecule has 7 heteroatoms. The molecule has 0 radical (unpaired) electrons. The summed E-state index contributed by atoms with van der Waals surface area (Å²) in [5.41, 5.74) is 2.15. The minimum absolute atomic E-state index is 0.0969.